The van der Waals surface area contributed by atoms with Crippen molar-refractivity contribution in [3.8, 4) is 17.2 Å². The SMILES string of the molecule is COc1ccc(C(=O)Nc2ccccc2Oc2ccccc2)cc1S(=O)(=O)N1CCOCC1. The fourth-order valence-corrected chi connectivity index (χ4v) is 5.00. The number of anilines is 1. The maximum atomic E-state index is 13.2. The molecule has 0 atom stereocenters. The number of hydrogen-bond donors (Lipinski definition) is 1. The molecule has 0 radical (unpaired) electrons. The van der Waals surface area contributed by atoms with E-state index in [1.165, 1.54) is 29.6 Å². The zero-order chi connectivity index (χ0) is 23.3. The molecule has 1 fully saturated rings. The Morgan fingerprint density at radius 1 is 0.939 bits per heavy atom. The lowest BCUT2D eigenvalue weighted by atomic mass is 10.2. The van der Waals surface area contributed by atoms with E-state index in [4.69, 9.17) is 14.2 Å². The predicted octanol–water partition coefficient (Wildman–Crippen LogP) is 3.76. The van der Waals surface area contributed by atoms with E-state index in [-0.39, 0.29) is 29.3 Å². The number of carbonyl (C=O) groups is 1. The number of hydrogen-bond acceptors (Lipinski definition) is 6. The van der Waals surface area contributed by atoms with Gasteiger partial charge in [-0.15, -0.1) is 0 Å². The average Bonchev–Trinajstić information content (AvgIpc) is 2.86. The smallest absolute Gasteiger partial charge is 0.255 e. The van der Waals surface area contributed by atoms with Crippen molar-refractivity contribution in [1.82, 2.24) is 4.31 Å². The third-order valence-electron chi connectivity index (χ3n) is 5.12. The lowest BCUT2D eigenvalue weighted by Gasteiger charge is -2.26. The Balaban J connectivity index is 1.60. The predicted molar refractivity (Wildman–Crippen MR) is 123 cm³/mol. The number of morpholine rings is 1. The van der Waals surface area contributed by atoms with Crippen LogP contribution in [0.2, 0.25) is 0 Å². The Kier molecular flexibility index (Phi) is 6.93. The molecule has 1 heterocycles. The number of rotatable bonds is 7. The van der Waals surface area contributed by atoms with Crippen LogP contribution in [0.4, 0.5) is 5.69 Å². The van der Waals surface area contributed by atoms with Gasteiger partial charge in [0.05, 0.1) is 26.0 Å². The highest BCUT2D eigenvalue weighted by Gasteiger charge is 2.30. The number of benzene rings is 3. The first-order valence-corrected chi connectivity index (χ1v) is 11.8. The minimum absolute atomic E-state index is 0.0617. The molecule has 0 bridgehead atoms. The molecule has 9 heteroatoms. The highest BCUT2D eigenvalue weighted by atomic mass is 32.2. The molecule has 3 aromatic carbocycles. The van der Waals surface area contributed by atoms with Gasteiger partial charge in [-0.2, -0.15) is 4.31 Å². The van der Waals surface area contributed by atoms with Gasteiger partial charge in [0.2, 0.25) is 10.0 Å². The van der Waals surface area contributed by atoms with E-state index in [0.717, 1.165) is 0 Å². The number of sulfonamides is 1. The van der Waals surface area contributed by atoms with Crippen LogP contribution in [0.15, 0.2) is 77.7 Å². The molecule has 1 amide bonds. The molecule has 33 heavy (non-hydrogen) atoms. The van der Waals surface area contributed by atoms with Gasteiger partial charge in [-0.25, -0.2) is 8.42 Å². The molecule has 0 aliphatic carbocycles. The fourth-order valence-electron chi connectivity index (χ4n) is 3.41. The minimum atomic E-state index is -3.86. The molecule has 3 aromatic rings. The number of methoxy groups -OCH3 is 1. The number of ether oxygens (including phenoxy) is 3. The van der Waals surface area contributed by atoms with Crippen LogP contribution in [0, 0.1) is 0 Å². The van der Waals surface area contributed by atoms with E-state index in [0.29, 0.717) is 30.4 Å². The van der Waals surface area contributed by atoms with Crippen molar-refractivity contribution in [3.63, 3.8) is 0 Å². The fraction of sp³-hybridized carbons (Fsp3) is 0.208. The van der Waals surface area contributed by atoms with Crippen molar-refractivity contribution in [2.24, 2.45) is 0 Å². The number of nitrogens with one attached hydrogen (secondary N) is 1. The maximum Gasteiger partial charge on any atom is 0.255 e. The lowest BCUT2D eigenvalue weighted by Crippen LogP contribution is -2.40. The Bertz CT molecular complexity index is 1220. The Hall–Kier alpha value is -3.40. The minimum Gasteiger partial charge on any atom is -0.495 e. The summed E-state index contributed by atoms with van der Waals surface area (Å²) in [5.41, 5.74) is 0.636. The van der Waals surface area contributed by atoms with Gasteiger partial charge in [0.25, 0.3) is 5.91 Å². The standard InChI is InChI=1S/C24H24N2O6S/c1-30-22-12-11-18(17-23(22)33(28,29)26-13-15-31-16-14-26)24(27)25-20-9-5-6-10-21(20)32-19-7-3-2-4-8-19/h2-12,17H,13-16H2,1H3,(H,25,27). The first-order valence-electron chi connectivity index (χ1n) is 10.4. The van der Waals surface area contributed by atoms with E-state index in [1.54, 1.807) is 24.3 Å². The number of amides is 1. The van der Waals surface area contributed by atoms with E-state index in [1.807, 2.05) is 30.3 Å². The van der Waals surface area contributed by atoms with E-state index in [9.17, 15) is 13.2 Å². The molecular weight excluding hydrogens is 444 g/mol. The molecule has 1 saturated heterocycles. The third kappa shape index (κ3) is 5.16. The topological polar surface area (TPSA) is 94.2 Å². The van der Waals surface area contributed by atoms with Crippen LogP contribution in [-0.2, 0) is 14.8 Å². The monoisotopic (exact) mass is 468 g/mol. The van der Waals surface area contributed by atoms with Crippen LogP contribution in [0.25, 0.3) is 0 Å². The van der Waals surface area contributed by atoms with Crippen molar-refractivity contribution in [2.45, 2.75) is 4.90 Å². The molecule has 8 nitrogen and oxygen atoms in total. The van der Waals surface area contributed by atoms with E-state index < -0.39 is 15.9 Å². The second-order valence-corrected chi connectivity index (χ2v) is 9.15. The summed E-state index contributed by atoms with van der Waals surface area (Å²) in [7, 11) is -2.47. The lowest BCUT2D eigenvalue weighted by molar-refractivity contribution is 0.0729. The van der Waals surface area contributed by atoms with Crippen molar-refractivity contribution in [1.29, 1.82) is 0 Å². The van der Waals surface area contributed by atoms with Crippen molar-refractivity contribution in [2.75, 3.05) is 38.7 Å². The summed E-state index contributed by atoms with van der Waals surface area (Å²) in [6, 6.07) is 20.6. The summed E-state index contributed by atoms with van der Waals surface area (Å²) in [5, 5.41) is 2.81. The molecule has 1 N–H and O–H groups in total. The molecule has 0 aromatic heterocycles. The number of para-hydroxylation sites is 3. The normalized spacial score (nSPS) is 14.5. The van der Waals surface area contributed by atoms with Crippen LogP contribution >= 0.6 is 0 Å². The highest BCUT2D eigenvalue weighted by Crippen LogP contribution is 2.31. The first kappa shape index (κ1) is 22.8. The maximum absolute atomic E-state index is 13.2. The molecule has 0 unspecified atom stereocenters. The van der Waals surface area contributed by atoms with Crippen LogP contribution in [0.5, 0.6) is 17.2 Å². The molecule has 1 aliphatic rings. The second-order valence-electron chi connectivity index (χ2n) is 7.25. The summed E-state index contributed by atoms with van der Waals surface area (Å²) in [6.45, 7) is 1.12. The van der Waals surface area contributed by atoms with Gasteiger partial charge in [-0.1, -0.05) is 30.3 Å². The largest absolute Gasteiger partial charge is 0.495 e. The van der Waals surface area contributed by atoms with Gasteiger partial charge < -0.3 is 19.5 Å². The molecule has 172 valence electrons. The Morgan fingerprint density at radius 3 is 2.36 bits per heavy atom. The van der Waals surface area contributed by atoms with Gasteiger partial charge in [-0.3, -0.25) is 4.79 Å². The van der Waals surface area contributed by atoms with Gasteiger partial charge in [-0.05, 0) is 42.5 Å². The Labute approximate surface area is 192 Å². The number of carbonyl (C=O) groups excluding carboxylic acids is 1. The molecule has 4 rings (SSSR count). The molecule has 0 saturated carbocycles. The van der Waals surface area contributed by atoms with Gasteiger partial charge in [0.15, 0.2) is 5.75 Å². The van der Waals surface area contributed by atoms with Gasteiger partial charge >= 0.3 is 0 Å². The first-order chi connectivity index (χ1) is 16.0. The Morgan fingerprint density at radius 2 is 1.64 bits per heavy atom. The zero-order valence-corrected chi connectivity index (χ0v) is 18.9. The molecular formula is C24H24N2O6S. The summed E-state index contributed by atoms with van der Waals surface area (Å²) >= 11 is 0. The van der Waals surface area contributed by atoms with Crippen LogP contribution in [0.1, 0.15) is 10.4 Å². The zero-order valence-electron chi connectivity index (χ0n) is 18.1. The quantitative estimate of drug-likeness (QED) is 0.568. The summed E-state index contributed by atoms with van der Waals surface area (Å²) in [4.78, 5) is 13.0. The third-order valence-corrected chi connectivity index (χ3v) is 7.04. The van der Waals surface area contributed by atoms with Crippen molar-refractivity contribution >= 4 is 21.6 Å². The van der Waals surface area contributed by atoms with E-state index in [2.05, 4.69) is 5.32 Å². The average molecular weight is 469 g/mol. The van der Waals surface area contributed by atoms with Crippen LogP contribution < -0.4 is 14.8 Å². The van der Waals surface area contributed by atoms with Crippen molar-refractivity contribution < 1.29 is 27.4 Å². The molecule has 0 spiro atoms. The summed E-state index contributed by atoms with van der Waals surface area (Å²) < 4.78 is 44.1. The van der Waals surface area contributed by atoms with Crippen LogP contribution in [0.3, 0.4) is 0 Å². The van der Waals surface area contributed by atoms with E-state index >= 15 is 0 Å². The van der Waals surface area contributed by atoms with Gasteiger partial charge in [0, 0.05) is 18.7 Å². The van der Waals surface area contributed by atoms with Crippen LogP contribution in [-0.4, -0.2) is 52.0 Å². The molecule has 1 aliphatic heterocycles. The highest BCUT2D eigenvalue weighted by molar-refractivity contribution is 7.89. The van der Waals surface area contributed by atoms with Crippen molar-refractivity contribution in [3.05, 3.63) is 78.4 Å². The summed E-state index contributed by atoms with van der Waals surface area (Å²) in [5.74, 6) is 0.792. The summed E-state index contributed by atoms with van der Waals surface area (Å²) in [6.07, 6.45) is 0. The second kappa shape index (κ2) is 10.0. The number of nitrogens with zero attached hydrogens (tertiary/aromatic N) is 1. The van der Waals surface area contributed by atoms with Gasteiger partial charge in [0.1, 0.15) is 16.4 Å².